The fourth-order valence-corrected chi connectivity index (χ4v) is 15.8. The van der Waals surface area contributed by atoms with E-state index in [9.17, 15) is 72.5 Å². The molecule has 13 rings (SSSR count). The Hall–Kier alpha value is -13.8. The number of carbonyl (C=O) groups excluding carboxylic acids is 11. The van der Waals surface area contributed by atoms with Crippen LogP contribution >= 0.6 is 0 Å². The zero-order chi connectivity index (χ0) is 90.7. The maximum absolute atomic E-state index is 15.7. The van der Waals surface area contributed by atoms with E-state index in [1.165, 1.54) is 71.8 Å². The molecule has 35 nitrogen and oxygen atoms in total. The number of aliphatic hydroxyl groups is 2. The van der Waals surface area contributed by atoms with Crippen molar-refractivity contribution >= 4 is 98.6 Å². The second kappa shape index (κ2) is 37.3. The summed E-state index contributed by atoms with van der Waals surface area (Å²) in [5.41, 5.74) is 3.62. The third-order valence-corrected chi connectivity index (χ3v) is 23.0. The molecule has 0 radical (unpaired) electrons. The molecule has 662 valence electrons. The lowest BCUT2D eigenvalue weighted by Gasteiger charge is -2.35. The van der Waals surface area contributed by atoms with Gasteiger partial charge in [0.25, 0.3) is 22.9 Å². The van der Waals surface area contributed by atoms with Crippen molar-refractivity contribution in [3.8, 4) is 34.3 Å². The summed E-state index contributed by atoms with van der Waals surface area (Å²) in [5, 5.41) is 44.7. The van der Waals surface area contributed by atoms with Gasteiger partial charge in [-0.2, -0.15) is 0 Å². The third kappa shape index (κ3) is 18.5. The van der Waals surface area contributed by atoms with Gasteiger partial charge < -0.3 is 79.7 Å². The number of aromatic nitrogens is 4. The monoisotopic (exact) mass is 1730 g/mol. The van der Waals surface area contributed by atoms with Gasteiger partial charge in [0.2, 0.25) is 35.4 Å². The highest BCUT2D eigenvalue weighted by atomic mass is 19.1. The van der Waals surface area contributed by atoms with Crippen LogP contribution in [0, 0.1) is 23.5 Å². The molecule has 5 aliphatic heterocycles. The number of imide groups is 1. The van der Waals surface area contributed by atoms with Gasteiger partial charge in [-0.15, -0.1) is 0 Å². The molecule has 10 amide bonds. The molecule has 0 unspecified atom stereocenters. The number of carbonyl (C=O) groups is 11. The number of ether oxygens (including phenoxy) is 6. The molecule has 4 aromatic heterocycles. The van der Waals surface area contributed by atoms with Crippen molar-refractivity contribution in [2.24, 2.45) is 11.8 Å². The first-order valence-corrected chi connectivity index (χ1v) is 41.2. The van der Waals surface area contributed by atoms with E-state index in [0.717, 1.165) is 33.7 Å². The fourth-order valence-electron chi connectivity index (χ4n) is 15.8. The number of pyridine rings is 4. The number of hydrogen-bond acceptors (Lipinski definition) is 24. The molecule has 37 heteroatoms. The molecular weight excluding hydrogens is 1640 g/mol. The summed E-state index contributed by atoms with van der Waals surface area (Å²) in [6.07, 6.45) is 1.45. The number of hydrogen-bond donors (Lipinski definition) is 10. The van der Waals surface area contributed by atoms with Crippen LogP contribution < -0.4 is 63.1 Å². The third-order valence-electron chi connectivity index (χ3n) is 23.0. The summed E-state index contributed by atoms with van der Waals surface area (Å²) in [4.78, 5) is 185. The molecule has 0 fully saturated rings. The van der Waals surface area contributed by atoms with Crippen molar-refractivity contribution in [2.75, 3.05) is 50.3 Å². The minimum Gasteiger partial charge on any atom is -0.490 e. The molecule has 4 aromatic carbocycles. The number of nitrogens with one attached hydrogen (secondary N) is 8. The predicted octanol–water partition coefficient (Wildman–Crippen LogP) is 6.48. The van der Waals surface area contributed by atoms with E-state index < -0.39 is 156 Å². The van der Waals surface area contributed by atoms with E-state index in [2.05, 4.69) is 49.1 Å². The lowest BCUT2D eigenvalue weighted by atomic mass is 9.84. The number of rotatable bonds is 33. The Morgan fingerprint density at radius 2 is 0.960 bits per heavy atom. The number of anilines is 2. The van der Waals surface area contributed by atoms with Crippen LogP contribution in [0.5, 0.6) is 11.5 Å². The Morgan fingerprint density at radius 1 is 0.548 bits per heavy atom. The van der Waals surface area contributed by atoms with Gasteiger partial charge in [-0.05, 0) is 122 Å². The molecule has 8 aromatic rings. The second-order valence-corrected chi connectivity index (χ2v) is 31.9. The zero-order valence-electron chi connectivity index (χ0n) is 70.8. The van der Waals surface area contributed by atoms with Crippen LogP contribution in [-0.4, -0.2) is 168 Å². The van der Waals surface area contributed by atoms with E-state index >= 15 is 8.78 Å². The minimum atomic E-state index is -2.02. The van der Waals surface area contributed by atoms with Crippen LogP contribution in [0.2, 0.25) is 0 Å². The molecule has 0 bridgehead atoms. The molecule has 0 aliphatic carbocycles. The molecular formula is C89H96F2N14O21. The van der Waals surface area contributed by atoms with Gasteiger partial charge in [-0.3, -0.25) is 68.4 Å². The fraction of sp³-hybridized carbons (Fsp3) is 0.382. The summed E-state index contributed by atoms with van der Waals surface area (Å²) in [6.45, 7) is 17.4. The number of nitrogens with zero attached hydrogens (tertiary/aromatic N) is 6. The molecule has 0 spiro atoms. The first-order valence-electron chi connectivity index (χ1n) is 41.2. The maximum atomic E-state index is 15.7. The molecule has 5 aliphatic rings. The van der Waals surface area contributed by atoms with E-state index in [-0.39, 0.29) is 105 Å². The molecule has 0 saturated carbocycles. The predicted molar refractivity (Wildman–Crippen MR) is 451 cm³/mol. The van der Waals surface area contributed by atoms with Crippen LogP contribution in [0.3, 0.4) is 0 Å². The van der Waals surface area contributed by atoms with Gasteiger partial charge in [0, 0.05) is 81.8 Å². The molecule has 9 heterocycles. The van der Waals surface area contributed by atoms with Crippen molar-refractivity contribution in [3.63, 3.8) is 0 Å². The van der Waals surface area contributed by atoms with E-state index in [1.54, 1.807) is 82.5 Å². The lowest BCUT2D eigenvalue weighted by molar-refractivity contribution is -0.172. The molecule has 0 saturated heterocycles. The number of amides is 10. The van der Waals surface area contributed by atoms with Crippen LogP contribution in [0.25, 0.3) is 44.6 Å². The van der Waals surface area contributed by atoms with E-state index in [1.807, 2.05) is 13.8 Å². The van der Waals surface area contributed by atoms with Gasteiger partial charge in [0.15, 0.2) is 42.2 Å². The summed E-state index contributed by atoms with van der Waals surface area (Å²) >= 11 is 0. The second-order valence-electron chi connectivity index (χ2n) is 31.9. The van der Waals surface area contributed by atoms with E-state index in [0.29, 0.717) is 91.1 Å². The highest BCUT2D eigenvalue weighted by Crippen LogP contribution is 2.45. The van der Waals surface area contributed by atoms with Crippen LogP contribution in [0.15, 0.2) is 119 Å². The summed E-state index contributed by atoms with van der Waals surface area (Å²) in [5.74, 6) is -9.36. The molecule has 6 atom stereocenters. The number of esters is 1. The number of alkyl carbamates (subject to hydrolysis) is 2. The van der Waals surface area contributed by atoms with Crippen molar-refractivity contribution < 1.29 is 100 Å². The van der Waals surface area contributed by atoms with Gasteiger partial charge in [-0.25, -0.2) is 33.1 Å². The topological polar surface area (TPSA) is 456 Å². The largest absolute Gasteiger partial charge is 0.490 e. The lowest BCUT2D eigenvalue weighted by Crippen LogP contribution is -2.57. The summed E-state index contributed by atoms with van der Waals surface area (Å²) in [6, 6.07) is 16.2. The van der Waals surface area contributed by atoms with Crippen LogP contribution in [0.4, 0.5) is 29.7 Å². The zero-order valence-corrected chi connectivity index (χ0v) is 70.8. The highest BCUT2D eigenvalue weighted by molar-refractivity contribution is 6.13. The number of fused-ring (bicyclic) bond motifs is 10. The normalized spacial score (nSPS) is 16.7. The minimum absolute atomic E-state index is 0.0341. The average molecular weight is 1740 g/mol. The standard InChI is InChI=1S/C89H96F2N14O21/c1-12-53-55-28-69(63(90)32-65(55)98-77-57(53)34-104-67(77)30-61-59(83(104)114)40-121-48(11)88(61,119)14-3)125-42-92-86(117)123-38-49-16-20-51(21-17-49)96-79(110)46(9)94-81(112)75(44(5)6)100-71(106)36-102(26-27-103-73(108)24-25-74(103)109)37-72(107)101-76(45(7)8)82(113)95-47(10)80(111)97-52-22-18-50(19-23-52)39-124-87(118)93-43-126-70-29-56-54(13-2)58-35-105-68(78(58)99-66(56)33-64(70)91)31-62-60(84(105)115)41-122-85(116)89(62,120)15-4/h16-25,28-33,44-47,75-76,119-120H,11-15,26-27,34-43H2,1-10H3,(H,92,117)(H,93,118)(H,94,112)(H,95,113)(H,96,110)(H,97,111)(H,100,106)(H,101,107)/t46-,47-,75-,76-,88+,89-/m0/s1. The Bertz CT molecular complexity index is 5600. The van der Waals surface area contributed by atoms with Gasteiger partial charge >= 0.3 is 18.2 Å². The number of cyclic esters (lactones) is 1. The first-order chi connectivity index (χ1) is 60.0. The Labute approximate surface area is 719 Å². The first kappa shape index (κ1) is 89.9. The SMILES string of the molecule is C=C1OCc2c(cc3n(c2=O)Cc2c-3nc3cc(F)c(OCNC(=O)OCc4ccc(NC(=O)[C@H](C)NC(=O)[C@@H](NC(=O)CN(CCN5C(=O)C=CC5=O)CC(=O)N[C@H](C(=O)N[C@@H](C)C(=O)Nc5ccc(COC(=O)NCOc6cc7c(CC)c8c(nc7cc6F)-c6cc7c(c(=O)n6C8)COC(=O)[C@]7(O)CC)cc5)C(C)C)C(C)C)cc4)cc3c2CC)[C@@]1(O)CC. The number of benzene rings is 4. The maximum Gasteiger partial charge on any atom is 0.410 e. The summed E-state index contributed by atoms with van der Waals surface area (Å²) < 4.78 is 67.3. The van der Waals surface area contributed by atoms with E-state index in [4.69, 9.17) is 38.4 Å². The smallest absolute Gasteiger partial charge is 0.410 e. The highest BCUT2D eigenvalue weighted by Gasteiger charge is 2.47. The van der Waals surface area contributed by atoms with Gasteiger partial charge in [0.05, 0.1) is 71.1 Å². The van der Waals surface area contributed by atoms with Crippen molar-refractivity contribution in [1.82, 2.24) is 60.8 Å². The van der Waals surface area contributed by atoms with Gasteiger partial charge in [-0.1, -0.05) is 86.2 Å². The molecule has 10 N–H and O–H groups in total. The van der Waals surface area contributed by atoms with Crippen molar-refractivity contribution in [2.45, 2.75) is 170 Å². The Morgan fingerprint density at radius 3 is 1.37 bits per heavy atom. The van der Waals surface area contributed by atoms with Crippen LogP contribution in [-0.2, 0) is 126 Å². The average Bonchev–Trinajstić information content (AvgIpc) is 1.54. The quantitative estimate of drug-likeness (QED) is 0.00909. The van der Waals surface area contributed by atoms with Gasteiger partial charge in [0.1, 0.15) is 62.0 Å². The molecule has 126 heavy (non-hydrogen) atoms. The number of halogens is 2. The summed E-state index contributed by atoms with van der Waals surface area (Å²) in [7, 11) is 0. The van der Waals surface area contributed by atoms with Crippen molar-refractivity contribution in [3.05, 3.63) is 197 Å². The number of aryl methyl sites for hydroxylation is 2. The Balaban J connectivity index is 0.537. The van der Waals surface area contributed by atoms with Crippen LogP contribution in [0.1, 0.15) is 138 Å². The van der Waals surface area contributed by atoms with Crippen molar-refractivity contribution in [1.29, 1.82) is 0 Å². The Kier molecular flexibility index (Phi) is 26.6.